The molecule has 24 heavy (non-hydrogen) atoms. The first-order valence-electron chi connectivity index (χ1n) is 6.40. The number of hydrogen-bond donors (Lipinski definition) is 1. The van der Waals surface area contributed by atoms with Gasteiger partial charge in [-0.1, -0.05) is 11.6 Å². The van der Waals surface area contributed by atoms with Crippen LogP contribution in [0.5, 0.6) is 0 Å². The van der Waals surface area contributed by atoms with Gasteiger partial charge < -0.3 is 15.0 Å². The van der Waals surface area contributed by atoms with Gasteiger partial charge in [0.25, 0.3) is 0 Å². The molecule has 0 heterocycles. The second kappa shape index (κ2) is 9.47. The summed E-state index contributed by atoms with van der Waals surface area (Å²) in [5.74, 6) is 0. The van der Waals surface area contributed by atoms with E-state index in [0.717, 1.165) is 0 Å². The van der Waals surface area contributed by atoms with Crippen LogP contribution in [0.2, 0.25) is 5.02 Å². The molecule has 0 fully saturated rings. The summed E-state index contributed by atoms with van der Waals surface area (Å²) in [6, 6.07) is 5.05. The molecule has 0 bridgehead atoms. The number of alkyl halides is 5. The van der Waals surface area contributed by atoms with Gasteiger partial charge in [0, 0.05) is 5.02 Å². The van der Waals surface area contributed by atoms with Gasteiger partial charge in [0.1, 0.15) is 10.1 Å². The summed E-state index contributed by atoms with van der Waals surface area (Å²) in [6.45, 7) is -0.122. The molecule has 0 saturated carbocycles. The van der Waals surface area contributed by atoms with Gasteiger partial charge >= 0.3 is 12.3 Å². The molecule has 0 aliphatic carbocycles. The number of ether oxygens (including phenoxy) is 1. The molecule has 3 N–H and O–H groups in total. The molecule has 1 rings (SSSR count). The first kappa shape index (κ1) is 23.0. The Bertz CT molecular complexity index is 592. The highest BCUT2D eigenvalue weighted by molar-refractivity contribution is 7.85. The molecule has 0 saturated heterocycles. The van der Waals surface area contributed by atoms with E-state index in [1.54, 1.807) is 0 Å². The summed E-state index contributed by atoms with van der Waals surface area (Å²) < 4.78 is 92.8. The highest BCUT2D eigenvalue weighted by Crippen LogP contribution is 2.36. The quantitative estimate of drug-likeness (QED) is 0.451. The predicted octanol–water partition coefficient (Wildman–Crippen LogP) is 2.42. The molecular formula is C12H15ClF5NO4S. The first-order valence-corrected chi connectivity index (χ1v) is 8.19. The highest BCUT2D eigenvalue weighted by atomic mass is 35.5. The minimum atomic E-state index is -5.63. The van der Waals surface area contributed by atoms with Crippen molar-refractivity contribution in [2.24, 2.45) is 0 Å². The Hall–Kier alpha value is -1.01. The summed E-state index contributed by atoms with van der Waals surface area (Å²) in [7, 11) is -4.33. The van der Waals surface area contributed by atoms with Gasteiger partial charge in [-0.15, -0.1) is 0 Å². The van der Waals surface area contributed by atoms with Crippen LogP contribution in [-0.4, -0.2) is 38.4 Å². The fraction of sp³-hybridized carbons (Fsp3) is 0.500. The third kappa shape index (κ3) is 8.73. The van der Waals surface area contributed by atoms with Crippen molar-refractivity contribution in [3.05, 3.63) is 29.3 Å². The number of hydrogen-bond acceptors (Lipinski definition) is 4. The Balaban J connectivity index is 0.000000446. The van der Waals surface area contributed by atoms with E-state index in [1.807, 2.05) is 0 Å². The predicted molar refractivity (Wildman–Crippen MR) is 73.4 cm³/mol. The van der Waals surface area contributed by atoms with Gasteiger partial charge in [-0.2, -0.15) is 22.0 Å². The Morgan fingerprint density at radius 2 is 1.58 bits per heavy atom. The molecule has 0 aliphatic heterocycles. The number of unbranched alkanes of at least 4 members (excludes halogenated alkanes) is 1. The summed E-state index contributed by atoms with van der Waals surface area (Å²) in [5.41, 5.74) is 3.40. The molecule has 1 aromatic rings. The zero-order valence-corrected chi connectivity index (χ0v) is 13.7. The lowest BCUT2D eigenvalue weighted by Crippen LogP contribution is -2.50. The van der Waals surface area contributed by atoms with Crippen LogP contribution in [-0.2, 0) is 14.9 Å². The van der Waals surface area contributed by atoms with Crippen molar-refractivity contribution in [2.45, 2.75) is 30.0 Å². The Labute approximate surface area is 140 Å². The number of halogens is 6. The zero-order chi connectivity index (χ0) is 19.0. The van der Waals surface area contributed by atoms with Crippen molar-refractivity contribution in [3.63, 3.8) is 0 Å². The summed E-state index contributed by atoms with van der Waals surface area (Å²) in [5, 5.41) is 0.400. The first-order chi connectivity index (χ1) is 10.8. The van der Waals surface area contributed by atoms with Crippen LogP contribution < -0.4 is 5.73 Å². The van der Waals surface area contributed by atoms with Crippen LogP contribution in [0, 0.1) is 0 Å². The van der Waals surface area contributed by atoms with E-state index in [1.165, 1.54) is 24.3 Å². The van der Waals surface area contributed by atoms with Crippen molar-refractivity contribution in [1.29, 1.82) is 0 Å². The van der Waals surface area contributed by atoms with Gasteiger partial charge in [-0.25, -0.2) is 8.42 Å². The van der Waals surface area contributed by atoms with Crippen LogP contribution in [0.3, 0.4) is 0 Å². The van der Waals surface area contributed by atoms with Gasteiger partial charge in [0.2, 0.25) is 0 Å². The van der Waals surface area contributed by atoms with Crippen LogP contribution in [0.25, 0.3) is 0 Å². The maximum Gasteiger partial charge on any atom is 0.482 e. The second-order valence-corrected chi connectivity index (χ2v) is 6.15. The Morgan fingerprint density at radius 1 is 1.08 bits per heavy atom. The molecule has 140 valence electrons. The minimum Gasteiger partial charge on any atom is -0.744 e. The maximum atomic E-state index is 12.0. The molecule has 0 aromatic heterocycles. The van der Waals surface area contributed by atoms with Crippen molar-refractivity contribution in [2.75, 3.05) is 13.2 Å². The molecule has 1 aromatic carbocycles. The van der Waals surface area contributed by atoms with Gasteiger partial charge in [0.05, 0.1) is 18.0 Å². The largest absolute Gasteiger partial charge is 0.744 e. The molecule has 5 nitrogen and oxygen atoms in total. The second-order valence-electron chi connectivity index (χ2n) is 4.33. The third-order valence-corrected chi connectivity index (χ3v) is 3.46. The summed E-state index contributed by atoms with van der Waals surface area (Å²) >= 11 is 5.46. The fourth-order valence-corrected chi connectivity index (χ4v) is 1.76. The van der Waals surface area contributed by atoms with Crippen LogP contribution in [0.4, 0.5) is 22.0 Å². The average molecular weight is 400 g/mol. The van der Waals surface area contributed by atoms with E-state index in [9.17, 15) is 34.9 Å². The summed E-state index contributed by atoms with van der Waals surface area (Å²) in [4.78, 5) is -0.262. The molecule has 0 radical (unpaired) electrons. The van der Waals surface area contributed by atoms with Crippen LogP contribution in [0.1, 0.15) is 12.8 Å². The molecule has 0 spiro atoms. The number of quaternary nitrogens is 1. The molecule has 0 amide bonds. The van der Waals surface area contributed by atoms with E-state index < -0.39 is 29.0 Å². The average Bonchev–Trinajstić information content (AvgIpc) is 2.42. The van der Waals surface area contributed by atoms with Crippen molar-refractivity contribution < 1.29 is 45.4 Å². The standard InChI is InChI=1S/C6H5ClO3S.C6H10F5NO/c7-5-1-3-6(4-2-5)11(8,9)10;7-5(8,9)6(10,11)13-4-2-1-3-12/h1-4H,(H,8,9,10);1-4,12H2. The SMILES string of the molecule is O=S(=O)([O-])c1ccc(Cl)cc1.[NH3+]CCCCOC(F)(F)C(F)(F)F. The normalized spacial score (nSPS) is 12.5. The monoisotopic (exact) mass is 399 g/mol. The Morgan fingerprint density at radius 3 is 1.96 bits per heavy atom. The lowest BCUT2D eigenvalue weighted by atomic mass is 10.3. The van der Waals surface area contributed by atoms with Gasteiger partial charge in [0.15, 0.2) is 0 Å². The lowest BCUT2D eigenvalue weighted by molar-refractivity contribution is -0.393. The van der Waals surface area contributed by atoms with Crippen LogP contribution in [0.15, 0.2) is 29.2 Å². The number of benzene rings is 1. The topological polar surface area (TPSA) is 94.1 Å². The van der Waals surface area contributed by atoms with E-state index in [2.05, 4.69) is 10.5 Å². The smallest absolute Gasteiger partial charge is 0.482 e. The van der Waals surface area contributed by atoms with Crippen molar-refractivity contribution in [1.82, 2.24) is 0 Å². The maximum absolute atomic E-state index is 12.0. The lowest BCUT2D eigenvalue weighted by Gasteiger charge is -2.18. The zero-order valence-electron chi connectivity index (χ0n) is 12.2. The third-order valence-electron chi connectivity index (χ3n) is 2.36. The van der Waals surface area contributed by atoms with Crippen molar-refractivity contribution >= 4 is 21.7 Å². The van der Waals surface area contributed by atoms with E-state index in [-0.39, 0.29) is 11.3 Å². The van der Waals surface area contributed by atoms with E-state index in [4.69, 9.17) is 11.6 Å². The molecule has 0 atom stereocenters. The molecular weight excluding hydrogens is 385 g/mol. The molecule has 0 aliphatic rings. The highest BCUT2D eigenvalue weighted by Gasteiger charge is 2.59. The minimum absolute atomic E-state index is 0.148. The van der Waals surface area contributed by atoms with E-state index in [0.29, 0.717) is 18.0 Å². The van der Waals surface area contributed by atoms with Crippen LogP contribution >= 0.6 is 11.6 Å². The number of rotatable bonds is 6. The van der Waals surface area contributed by atoms with Gasteiger partial charge in [-0.05, 0) is 37.1 Å². The van der Waals surface area contributed by atoms with E-state index >= 15 is 0 Å². The van der Waals surface area contributed by atoms with Crippen molar-refractivity contribution in [3.8, 4) is 0 Å². The molecule has 12 heteroatoms. The summed E-state index contributed by atoms with van der Waals surface area (Å²) in [6.07, 6.45) is -10.0. The van der Waals surface area contributed by atoms with Gasteiger partial charge in [-0.3, -0.25) is 0 Å². The Kier molecular flexibility index (Phi) is 9.07. The molecule has 0 unspecified atom stereocenters. The fourth-order valence-electron chi connectivity index (χ4n) is 1.16.